The first kappa shape index (κ1) is 15.8. The van der Waals surface area contributed by atoms with Crippen molar-refractivity contribution in [2.24, 2.45) is 0 Å². The first-order valence-corrected chi connectivity index (χ1v) is 7.89. The Kier molecular flexibility index (Phi) is 4.52. The van der Waals surface area contributed by atoms with Crippen LogP contribution in [0.15, 0.2) is 22.7 Å². The Morgan fingerprint density at radius 3 is 3.00 bits per heavy atom. The van der Waals surface area contributed by atoms with Gasteiger partial charge in [-0.15, -0.1) is 0 Å². The third kappa shape index (κ3) is 3.32. The van der Waals surface area contributed by atoms with E-state index >= 15 is 0 Å². The van der Waals surface area contributed by atoms with Gasteiger partial charge in [-0.1, -0.05) is 16.8 Å². The summed E-state index contributed by atoms with van der Waals surface area (Å²) in [5.74, 6) is 1.71. The number of aryl methyl sites for hydroxylation is 1. The molecule has 23 heavy (non-hydrogen) atoms. The molecule has 1 atom stereocenters. The highest BCUT2D eigenvalue weighted by molar-refractivity contribution is 6.31. The second-order valence-corrected chi connectivity index (χ2v) is 6.05. The minimum Gasteiger partial charge on any atom is -0.496 e. The van der Waals surface area contributed by atoms with Gasteiger partial charge in [0.15, 0.2) is 5.82 Å². The van der Waals surface area contributed by atoms with E-state index in [0.717, 1.165) is 12.8 Å². The van der Waals surface area contributed by atoms with Crippen molar-refractivity contribution >= 4 is 17.5 Å². The maximum atomic E-state index is 12.8. The monoisotopic (exact) mass is 335 g/mol. The lowest BCUT2D eigenvalue weighted by atomic mass is 9.97. The molecule has 122 valence electrons. The van der Waals surface area contributed by atoms with Crippen molar-refractivity contribution in [3.8, 4) is 5.75 Å². The van der Waals surface area contributed by atoms with Gasteiger partial charge in [-0.05, 0) is 38.0 Å². The summed E-state index contributed by atoms with van der Waals surface area (Å²) in [6.45, 7) is 3.03. The predicted octanol–water partition coefficient (Wildman–Crippen LogP) is 3.06. The van der Waals surface area contributed by atoms with Crippen molar-refractivity contribution in [1.82, 2.24) is 15.0 Å². The molecule has 0 unspecified atom stereocenters. The van der Waals surface area contributed by atoms with Gasteiger partial charge in [0, 0.05) is 18.1 Å². The third-order valence-electron chi connectivity index (χ3n) is 3.99. The van der Waals surface area contributed by atoms with Gasteiger partial charge in [-0.2, -0.15) is 4.98 Å². The number of hydrogen-bond acceptors (Lipinski definition) is 5. The molecule has 1 amide bonds. The summed E-state index contributed by atoms with van der Waals surface area (Å²) in [6, 6.07) is 5.05. The van der Waals surface area contributed by atoms with Crippen molar-refractivity contribution in [2.45, 2.75) is 25.7 Å². The van der Waals surface area contributed by atoms with E-state index < -0.39 is 0 Å². The number of carbonyl (C=O) groups is 1. The van der Waals surface area contributed by atoms with E-state index in [0.29, 0.717) is 41.1 Å². The molecular formula is C16H18ClN3O3. The first-order valence-electron chi connectivity index (χ1n) is 7.51. The number of aromatic nitrogens is 2. The lowest BCUT2D eigenvalue weighted by Crippen LogP contribution is -2.39. The van der Waals surface area contributed by atoms with E-state index in [2.05, 4.69) is 10.1 Å². The minimum absolute atomic E-state index is 0.0686. The fourth-order valence-electron chi connectivity index (χ4n) is 2.86. The fraction of sp³-hybridized carbons (Fsp3) is 0.438. The van der Waals surface area contributed by atoms with Crippen LogP contribution < -0.4 is 4.74 Å². The van der Waals surface area contributed by atoms with Gasteiger partial charge in [0.2, 0.25) is 5.89 Å². The van der Waals surface area contributed by atoms with E-state index in [1.165, 1.54) is 0 Å². The number of amides is 1. The normalized spacial score (nSPS) is 18.0. The van der Waals surface area contributed by atoms with Crippen molar-refractivity contribution in [3.05, 3.63) is 40.5 Å². The summed E-state index contributed by atoms with van der Waals surface area (Å²) in [6.07, 6.45) is 1.82. The Balaban J connectivity index is 1.81. The van der Waals surface area contributed by atoms with Crippen LogP contribution >= 0.6 is 11.6 Å². The smallest absolute Gasteiger partial charge is 0.257 e. The van der Waals surface area contributed by atoms with E-state index in [4.69, 9.17) is 20.9 Å². The van der Waals surface area contributed by atoms with Gasteiger partial charge in [0.05, 0.1) is 18.6 Å². The maximum Gasteiger partial charge on any atom is 0.257 e. The van der Waals surface area contributed by atoms with E-state index in [1.807, 2.05) is 0 Å². The molecule has 0 spiro atoms. The Morgan fingerprint density at radius 1 is 1.48 bits per heavy atom. The van der Waals surface area contributed by atoms with Crippen LogP contribution in [0.3, 0.4) is 0 Å². The largest absolute Gasteiger partial charge is 0.496 e. The highest BCUT2D eigenvalue weighted by atomic mass is 35.5. The van der Waals surface area contributed by atoms with Crippen LogP contribution in [0.5, 0.6) is 5.75 Å². The maximum absolute atomic E-state index is 12.8. The van der Waals surface area contributed by atoms with Crippen LogP contribution in [0.2, 0.25) is 5.02 Å². The van der Waals surface area contributed by atoms with Gasteiger partial charge in [0.1, 0.15) is 5.75 Å². The lowest BCUT2D eigenvalue weighted by Gasteiger charge is -2.31. The number of nitrogens with zero attached hydrogens (tertiary/aromatic N) is 3. The number of likely N-dealkylation sites (tertiary alicyclic amines) is 1. The topological polar surface area (TPSA) is 68.5 Å². The van der Waals surface area contributed by atoms with Crippen LogP contribution in [-0.4, -0.2) is 41.1 Å². The molecule has 2 aromatic rings. The molecule has 1 aromatic carbocycles. The Bertz CT molecular complexity index is 716. The number of methoxy groups -OCH3 is 1. The third-order valence-corrected chi connectivity index (χ3v) is 4.23. The number of piperidine rings is 1. The Morgan fingerprint density at radius 2 is 2.30 bits per heavy atom. The van der Waals surface area contributed by atoms with Gasteiger partial charge < -0.3 is 14.2 Å². The van der Waals surface area contributed by atoms with E-state index in [1.54, 1.807) is 37.1 Å². The molecular weight excluding hydrogens is 318 g/mol. The van der Waals surface area contributed by atoms with Crippen LogP contribution in [0.4, 0.5) is 0 Å². The van der Waals surface area contributed by atoms with Crippen molar-refractivity contribution in [1.29, 1.82) is 0 Å². The van der Waals surface area contributed by atoms with Crippen LogP contribution in [0, 0.1) is 6.92 Å². The van der Waals surface area contributed by atoms with E-state index in [-0.39, 0.29) is 11.8 Å². The molecule has 1 aliphatic rings. The fourth-order valence-corrected chi connectivity index (χ4v) is 3.03. The predicted molar refractivity (Wildman–Crippen MR) is 84.9 cm³/mol. The zero-order valence-electron chi connectivity index (χ0n) is 13.1. The zero-order valence-corrected chi connectivity index (χ0v) is 13.8. The SMILES string of the molecule is COc1ccc(Cl)cc1C(=O)N1CCC[C@@H](c2nc(C)no2)C1. The van der Waals surface area contributed by atoms with Crippen molar-refractivity contribution in [3.63, 3.8) is 0 Å². The zero-order chi connectivity index (χ0) is 16.4. The Labute approximate surface area is 139 Å². The lowest BCUT2D eigenvalue weighted by molar-refractivity contribution is 0.0692. The van der Waals surface area contributed by atoms with Crippen LogP contribution in [0.25, 0.3) is 0 Å². The number of hydrogen-bond donors (Lipinski definition) is 0. The molecule has 7 heteroatoms. The van der Waals surface area contributed by atoms with Gasteiger partial charge in [0.25, 0.3) is 5.91 Å². The van der Waals surface area contributed by atoms with Gasteiger partial charge in [-0.25, -0.2) is 0 Å². The molecule has 0 bridgehead atoms. The summed E-state index contributed by atoms with van der Waals surface area (Å²) in [7, 11) is 1.54. The summed E-state index contributed by atoms with van der Waals surface area (Å²) in [4.78, 5) is 18.9. The van der Waals surface area contributed by atoms with Crippen molar-refractivity contribution in [2.75, 3.05) is 20.2 Å². The number of carbonyl (C=O) groups excluding carboxylic acids is 1. The first-order chi connectivity index (χ1) is 11.1. The number of benzene rings is 1. The second kappa shape index (κ2) is 6.58. The highest BCUT2D eigenvalue weighted by Crippen LogP contribution is 2.29. The molecule has 0 aliphatic carbocycles. The minimum atomic E-state index is -0.0923. The summed E-state index contributed by atoms with van der Waals surface area (Å²) in [5.41, 5.74) is 0.474. The number of rotatable bonds is 3. The molecule has 6 nitrogen and oxygen atoms in total. The Hall–Kier alpha value is -2.08. The number of ether oxygens (including phenoxy) is 1. The van der Waals surface area contributed by atoms with Crippen LogP contribution in [-0.2, 0) is 0 Å². The highest BCUT2D eigenvalue weighted by Gasteiger charge is 2.30. The molecule has 1 aromatic heterocycles. The molecule has 1 aliphatic heterocycles. The second-order valence-electron chi connectivity index (χ2n) is 5.61. The number of halogens is 1. The average Bonchev–Trinajstić information content (AvgIpc) is 3.01. The molecule has 2 heterocycles. The quantitative estimate of drug-likeness (QED) is 0.862. The average molecular weight is 336 g/mol. The molecule has 0 N–H and O–H groups in total. The standard InChI is InChI=1S/C16H18ClN3O3/c1-10-18-15(23-19-10)11-4-3-7-20(9-11)16(21)13-8-12(17)5-6-14(13)22-2/h5-6,8,11H,3-4,7,9H2,1-2H3/t11-/m1/s1. The summed E-state index contributed by atoms with van der Waals surface area (Å²) < 4.78 is 10.5. The summed E-state index contributed by atoms with van der Waals surface area (Å²) >= 11 is 6.02. The molecule has 1 saturated heterocycles. The summed E-state index contributed by atoms with van der Waals surface area (Å²) in [5, 5.41) is 4.34. The van der Waals surface area contributed by atoms with Crippen LogP contribution in [0.1, 0.15) is 40.8 Å². The van der Waals surface area contributed by atoms with E-state index in [9.17, 15) is 4.79 Å². The molecule has 3 rings (SSSR count). The van der Waals surface area contributed by atoms with Crippen molar-refractivity contribution < 1.29 is 14.1 Å². The molecule has 0 radical (unpaired) electrons. The molecule has 0 saturated carbocycles. The van der Waals surface area contributed by atoms with Gasteiger partial charge in [-0.3, -0.25) is 4.79 Å². The molecule has 1 fully saturated rings. The van der Waals surface area contributed by atoms with Gasteiger partial charge >= 0.3 is 0 Å².